The third-order valence-electron chi connectivity index (χ3n) is 6.51. The maximum atomic E-state index is 13.1. The van der Waals surface area contributed by atoms with Gasteiger partial charge in [0.15, 0.2) is 0 Å². The van der Waals surface area contributed by atoms with E-state index < -0.39 is 0 Å². The van der Waals surface area contributed by atoms with Gasteiger partial charge >= 0.3 is 0 Å². The molecule has 0 saturated heterocycles. The van der Waals surface area contributed by atoms with Crippen molar-refractivity contribution in [3.63, 3.8) is 0 Å². The molecule has 4 bridgehead atoms. The molecule has 0 N–H and O–H groups in total. The fourth-order valence-corrected chi connectivity index (χ4v) is 6.87. The Balaban J connectivity index is 1.36. The van der Waals surface area contributed by atoms with Crippen LogP contribution in [0, 0.1) is 23.2 Å². The van der Waals surface area contributed by atoms with Crippen LogP contribution in [-0.4, -0.2) is 21.7 Å². The quantitative estimate of drug-likeness (QED) is 0.770. The van der Waals surface area contributed by atoms with E-state index in [1.807, 2.05) is 12.1 Å². The predicted molar refractivity (Wildman–Crippen MR) is 95.9 cm³/mol. The molecule has 24 heavy (non-hydrogen) atoms. The molecule has 124 valence electrons. The van der Waals surface area contributed by atoms with Crippen LogP contribution >= 0.6 is 11.8 Å². The van der Waals surface area contributed by atoms with E-state index in [0.717, 1.165) is 52.8 Å². The molecule has 1 aromatic heterocycles. The molecule has 0 atom stereocenters. The number of Topliss-reactive ketones (excluding diaryl/α,β-unsaturated/α-hetero) is 1. The Morgan fingerprint density at radius 3 is 2.46 bits per heavy atom. The molecular weight excluding hydrogens is 316 g/mol. The molecule has 4 fully saturated rings. The molecule has 3 nitrogen and oxygen atoms in total. The van der Waals surface area contributed by atoms with E-state index in [4.69, 9.17) is 0 Å². The lowest BCUT2D eigenvalue weighted by Gasteiger charge is -2.56. The summed E-state index contributed by atoms with van der Waals surface area (Å²) in [4.78, 5) is 13.1. The Morgan fingerprint density at radius 2 is 1.75 bits per heavy atom. The average molecular weight is 338 g/mol. The topological polar surface area (TPSA) is 42.9 Å². The summed E-state index contributed by atoms with van der Waals surface area (Å²) in [7, 11) is 0. The zero-order chi connectivity index (χ0) is 16.1. The highest BCUT2D eigenvalue weighted by Crippen LogP contribution is 2.60. The maximum Gasteiger partial charge on any atom is 0.149 e. The number of carbonyl (C=O) groups excluding carboxylic acids is 1. The van der Waals surface area contributed by atoms with Gasteiger partial charge in [-0.1, -0.05) is 36.0 Å². The third-order valence-corrected chi connectivity index (χ3v) is 7.49. The minimum absolute atomic E-state index is 0.000236. The van der Waals surface area contributed by atoms with Gasteiger partial charge in [0.1, 0.15) is 10.8 Å². The average Bonchev–Trinajstić information content (AvgIpc) is 2.58. The Hall–Kier alpha value is -1.42. The number of carbonyl (C=O) groups is 1. The molecule has 0 amide bonds. The Bertz CT molecular complexity index is 763. The van der Waals surface area contributed by atoms with Gasteiger partial charge in [0.05, 0.1) is 11.9 Å². The number of thioether (sulfide) groups is 1. The van der Waals surface area contributed by atoms with E-state index in [1.165, 1.54) is 19.3 Å². The first-order valence-corrected chi connectivity index (χ1v) is 10.1. The molecule has 6 rings (SSSR count). The summed E-state index contributed by atoms with van der Waals surface area (Å²) in [6, 6.07) is 8.16. The largest absolute Gasteiger partial charge is 0.298 e. The van der Waals surface area contributed by atoms with Crippen LogP contribution in [0.15, 0.2) is 35.5 Å². The smallest absolute Gasteiger partial charge is 0.149 e. The van der Waals surface area contributed by atoms with Crippen LogP contribution in [0.25, 0.3) is 10.8 Å². The van der Waals surface area contributed by atoms with E-state index in [1.54, 1.807) is 18.0 Å². The van der Waals surface area contributed by atoms with Crippen molar-refractivity contribution in [2.24, 2.45) is 23.2 Å². The summed E-state index contributed by atoms with van der Waals surface area (Å²) < 4.78 is 0. The minimum Gasteiger partial charge on any atom is -0.298 e. The van der Waals surface area contributed by atoms with Crippen LogP contribution < -0.4 is 0 Å². The number of rotatable bonds is 4. The van der Waals surface area contributed by atoms with E-state index in [9.17, 15) is 4.79 Å². The lowest BCUT2D eigenvalue weighted by molar-refractivity contribution is -0.141. The highest BCUT2D eigenvalue weighted by molar-refractivity contribution is 8.00. The fraction of sp³-hybridized carbons (Fsp3) is 0.550. The van der Waals surface area contributed by atoms with Crippen LogP contribution in [0.4, 0.5) is 0 Å². The van der Waals surface area contributed by atoms with Gasteiger partial charge in [0, 0.05) is 16.2 Å². The van der Waals surface area contributed by atoms with Crippen LogP contribution in [-0.2, 0) is 4.79 Å². The number of aromatic nitrogens is 2. The van der Waals surface area contributed by atoms with E-state index in [-0.39, 0.29) is 5.41 Å². The molecule has 4 saturated carbocycles. The monoisotopic (exact) mass is 338 g/mol. The van der Waals surface area contributed by atoms with Crippen molar-refractivity contribution in [1.82, 2.24) is 10.2 Å². The van der Waals surface area contributed by atoms with Gasteiger partial charge in [-0.2, -0.15) is 5.10 Å². The summed E-state index contributed by atoms with van der Waals surface area (Å²) in [6.07, 6.45) is 9.40. The Labute approximate surface area is 146 Å². The molecule has 0 radical (unpaired) electrons. The Morgan fingerprint density at radius 1 is 1.08 bits per heavy atom. The van der Waals surface area contributed by atoms with Crippen LogP contribution in [0.1, 0.15) is 38.5 Å². The van der Waals surface area contributed by atoms with Gasteiger partial charge in [-0.3, -0.25) is 4.79 Å². The Kier molecular flexibility index (Phi) is 3.44. The summed E-state index contributed by atoms with van der Waals surface area (Å²) in [5, 5.41) is 11.5. The summed E-state index contributed by atoms with van der Waals surface area (Å²) >= 11 is 1.58. The van der Waals surface area contributed by atoms with Crippen molar-refractivity contribution in [3.05, 3.63) is 30.5 Å². The van der Waals surface area contributed by atoms with Crippen molar-refractivity contribution < 1.29 is 4.79 Å². The van der Waals surface area contributed by atoms with Gasteiger partial charge in [-0.15, -0.1) is 5.10 Å². The van der Waals surface area contributed by atoms with Crippen molar-refractivity contribution in [2.45, 2.75) is 43.6 Å². The number of nitrogens with zero attached hydrogens (tertiary/aromatic N) is 2. The normalized spacial score (nSPS) is 33.9. The van der Waals surface area contributed by atoms with Gasteiger partial charge < -0.3 is 0 Å². The number of hydrogen-bond acceptors (Lipinski definition) is 4. The molecule has 4 aliphatic carbocycles. The van der Waals surface area contributed by atoms with Gasteiger partial charge in [0.25, 0.3) is 0 Å². The second kappa shape index (κ2) is 5.55. The fourth-order valence-electron chi connectivity index (χ4n) is 5.85. The van der Waals surface area contributed by atoms with Crippen LogP contribution in [0.5, 0.6) is 0 Å². The number of ketones is 1. The van der Waals surface area contributed by atoms with E-state index >= 15 is 0 Å². The SMILES string of the molecule is O=C(CSc1nncc2ccccc12)C12CC3CC(CC(C3)C1)C2. The highest BCUT2D eigenvalue weighted by Gasteiger charge is 2.54. The second-order valence-corrected chi connectivity index (χ2v) is 9.11. The van der Waals surface area contributed by atoms with Crippen molar-refractivity contribution >= 4 is 28.3 Å². The number of fused-ring (bicyclic) bond motifs is 1. The van der Waals surface area contributed by atoms with Gasteiger partial charge in [0.2, 0.25) is 0 Å². The molecule has 4 heteroatoms. The summed E-state index contributed by atoms with van der Waals surface area (Å²) in [5.74, 6) is 3.49. The molecule has 0 spiro atoms. The highest BCUT2D eigenvalue weighted by atomic mass is 32.2. The standard InChI is InChI=1S/C20H22N2OS/c23-18(20-8-13-5-14(9-20)7-15(6-13)10-20)12-24-19-17-4-2-1-3-16(17)11-21-22-19/h1-4,11,13-15H,5-10,12H2. The predicted octanol–water partition coefficient (Wildman–Crippen LogP) is 4.51. The maximum absolute atomic E-state index is 13.1. The van der Waals surface area contributed by atoms with E-state index in [0.29, 0.717) is 11.5 Å². The molecular formula is C20H22N2OS. The lowest BCUT2D eigenvalue weighted by atomic mass is 9.48. The van der Waals surface area contributed by atoms with Gasteiger partial charge in [-0.05, 0) is 56.3 Å². The van der Waals surface area contributed by atoms with Crippen LogP contribution in [0.2, 0.25) is 0 Å². The first kappa shape index (κ1) is 14.9. The van der Waals surface area contributed by atoms with Crippen molar-refractivity contribution in [2.75, 3.05) is 5.75 Å². The van der Waals surface area contributed by atoms with E-state index in [2.05, 4.69) is 22.3 Å². The lowest BCUT2D eigenvalue weighted by Crippen LogP contribution is -2.50. The van der Waals surface area contributed by atoms with Gasteiger partial charge in [-0.25, -0.2) is 0 Å². The molecule has 1 heterocycles. The zero-order valence-corrected chi connectivity index (χ0v) is 14.6. The first-order chi connectivity index (χ1) is 11.7. The second-order valence-electron chi connectivity index (χ2n) is 8.15. The summed E-state index contributed by atoms with van der Waals surface area (Å²) in [6.45, 7) is 0. The van der Waals surface area contributed by atoms with Crippen molar-refractivity contribution in [1.29, 1.82) is 0 Å². The molecule has 0 aliphatic heterocycles. The summed E-state index contributed by atoms with van der Waals surface area (Å²) in [5.41, 5.74) is -0.000236. The minimum atomic E-state index is -0.000236. The molecule has 0 unspecified atom stereocenters. The van der Waals surface area contributed by atoms with Crippen molar-refractivity contribution in [3.8, 4) is 0 Å². The zero-order valence-electron chi connectivity index (χ0n) is 13.8. The molecule has 1 aromatic carbocycles. The first-order valence-electron chi connectivity index (χ1n) is 9.08. The number of benzene rings is 1. The number of hydrogen-bond donors (Lipinski definition) is 0. The molecule has 2 aromatic rings. The molecule has 4 aliphatic rings. The third kappa shape index (κ3) is 2.38. The van der Waals surface area contributed by atoms with Crippen LogP contribution in [0.3, 0.4) is 0 Å².